The summed E-state index contributed by atoms with van der Waals surface area (Å²) in [5, 5.41) is 50.6. The number of aromatic nitrogens is 2. The van der Waals surface area contributed by atoms with Crippen molar-refractivity contribution in [2.75, 3.05) is 17.7 Å². The van der Waals surface area contributed by atoms with Crippen LogP contribution in [-0.2, 0) is 55.6 Å². The number of anilines is 2. The number of hydrazone groups is 1. The van der Waals surface area contributed by atoms with E-state index in [1.54, 1.807) is 0 Å². The van der Waals surface area contributed by atoms with E-state index in [2.05, 4.69) is 39.6 Å². The molecule has 0 saturated carbocycles. The predicted molar refractivity (Wildman–Crippen MR) is 173 cm³/mol. The molecular weight excluding hydrogens is 949 g/mol. The molecule has 1 aliphatic heterocycles. The van der Waals surface area contributed by atoms with Gasteiger partial charge in [-0.05, 0) is 48.6 Å². The topological polar surface area (TPSA) is 326 Å². The number of carbonyl (C=O) groups excluding carboxylic acids is 3. The summed E-state index contributed by atoms with van der Waals surface area (Å²) in [6, 6.07) is 5.70. The van der Waals surface area contributed by atoms with E-state index in [1.165, 1.54) is 38.4 Å². The fourth-order valence-corrected chi connectivity index (χ4v) is 6.17. The number of rotatable bonds is 15. The minimum Gasteiger partial charge on any atom is -0.744 e. The van der Waals surface area contributed by atoms with Crippen LogP contribution >= 0.6 is 24.1 Å². The number of carbonyl (C=O) groups is 3. The van der Waals surface area contributed by atoms with Crippen molar-refractivity contribution >= 4 is 85.2 Å². The summed E-state index contributed by atoms with van der Waals surface area (Å²) in [5.74, 6) is -3.37. The number of hydrogen-bond donors (Lipinski definition) is 3. The average molecular weight is 969 g/mol. The summed E-state index contributed by atoms with van der Waals surface area (Å²) in [6.45, 7) is 0. The normalized spacial score (nSPS) is 13.4. The number of hydrogen-bond acceptors (Lipinski definition) is 20. The number of nitrogens with one attached hydrogen (secondary N) is 2. The van der Waals surface area contributed by atoms with E-state index in [1.807, 2.05) is 0 Å². The number of aryl methyl sites for hydroxylation is 1. The third-order valence-corrected chi connectivity index (χ3v) is 9.48. The Balaban J connectivity index is 0.00000784. The molecule has 0 radical (unpaired) electrons. The molecule has 3 amide bonds. The maximum atomic E-state index is 13.2. The molecule has 0 aliphatic carbocycles. The van der Waals surface area contributed by atoms with Crippen LogP contribution in [-0.4, -0.2) is 76.3 Å². The smallest absolute Gasteiger partial charge is 0.744 e. The molecule has 4 rings (SSSR count). The van der Waals surface area contributed by atoms with Gasteiger partial charge in [0.25, 0.3) is 17.7 Å². The standard InChI is InChI=1S/C27H24N6O16S4.4K/c1-32-26(36)16(22(30-32)24(34)28-18-13-15(52(40,41)42)9-10-20(18)51-49-47-39)6-4-3-5-7-17-23(31-33(2)27(17)37)25(35)29-19-12-14(50-48-46-38)8-11-21(19)53(43,44)45;;;;/h3-13,36,38-39H,1-2H3,(H,28,34)(H,29,35)(H,40,41,42)(H,43,44,45);;;;/q;4*+1/p-4/b5-3-,6-4-,17-7-;;;;. The van der Waals surface area contributed by atoms with E-state index in [9.17, 15) is 55.9 Å². The van der Waals surface area contributed by atoms with E-state index in [4.69, 9.17) is 0 Å². The van der Waals surface area contributed by atoms with Crippen molar-refractivity contribution in [2.45, 2.75) is 19.6 Å². The van der Waals surface area contributed by atoms with Gasteiger partial charge in [-0.2, -0.15) is 18.9 Å². The first-order valence-electron chi connectivity index (χ1n) is 13.7. The van der Waals surface area contributed by atoms with Gasteiger partial charge in [0.05, 0.1) is 61.3 Å². The third-order valence-electron chi connectivity index (χ3n) is 6.53. The molecule has 1 aliphatic rings. The molecule has 0 unspecified atom stereocenters. The summed E-state index contributed by atoms with van der Waals surface area (Å²) >= 11 is 0.629. The van der Waals surface area contributed by atoms with Crippen molar-refractivity contribution in [3.05, 3.63) is 77.5 Å². The van der Waals surface area contributed by atoms with Crippen LogP contribution in [0.3, 0.4) is 0 Å². The minimum atomic E-state index is -5.12. The van der Waals surface area contributed by atoms with Crippen LogP contribution in [0.4, 0.5) is 11.4 Å². The molecular formula is C27H20K4N6O16S4. The van der Waals surface area contributed by atoms with Gasteiger partial charge in [-0.25, -0.2) is 26.5 Å². The molecule has 22 nitrogen and oxygen atoms in total. The Hall–Kier alpha value is 1.58. The SMILES string of the molecule is CN1N=C(C(=O)Nc2cc(SOO[O-])ccc2S(=O)(=O)[O-])/C(=C/C=C\C=C/c2c(C(=O)Nc3cc(S(=O)(=O)[O-])ccc3SOO[O-])nn(C)c2O)C1=O.[K+].[K+].[K+].[K+]. The van der Waals surface area contributed by atoms with Crippen molar-refractivity contribution in [1.82, 2.24) is 14.8 Å². The minimum absolute atomic E-state index is 0. The van der Waals surface area contributed by atoms with Crippen molar-refractivity contribution in [3.8, 4) is 5.88 Å². The molecule has 3 N–H and O–H groups in total. The molecule has 0 fully saturated rings. The fraction of sp³-hybridized carbons (Fsp3) is 0.0741. The van der Waals surface area contributed by atoms with Crippen LogP contribution in [0.2, 0.25) is 0 Å². The molecule has 30 heteroatoms. The van der Waals surface area contributed by atoms with Gasteiger partial charge < -0.3 is 35.4 Å². The largest absolute Gasteiger partial charge is 1.00 e. The van der Waals surface area contributed by atoms with E-state index in [-0.39, 0.29) is 244 Å². The van der Waals surface area contributed by atoms with Crippen LogP contribution in [0.15, 0.2) is 91.0 Å². The summed E-state index contributed by atoms with van der Waals surface area (Å²) in [5.41, 5.74) is -2.13. The summed E-state index contributed by atoms with van der Waals surface area (Å²) in [6.07, 6.45) is 6.24. The molecule has 0 atom stereocenters. The summed E-state index contributed by atoms with van der Waals surface area (Å²) in [4.78, 5) is 37.5. The van der Waals surface area contributed by atoms with Crippen LogP contribution < -0.4 is 227 Å². The summed E-state index contributed by atoms with van der Waals surface area (Å²) in [7, 11) is -7.57. The number of likely N-dealkylation sites (N-methyl/N-ethyl adjacent to an activating group) is 1. The zero-order valence-electron chi connectivity index (χ0n) is 30.3. The second kappa shape index (κ2) is 27.0. The molecule has 0 saturated heterocycles. The van der Waals surface area contributed by atoms with Crippen LogP contribution in [0.1, 0.15) is 16.1 Å². The van der Waals surface area contributed by atoms with Gasteiger partial charge in [0.2, 0.25) is 5.88 Å². The first-order valence-corrected chi connectivity index (χ1v) is 18.0. The molecule has 3 aromatic rings. The Bertz CT molecular complexity index is 2310. The van der Waals surface area contributed by atoms with Gasteiger partial charge in [0, 0.05) is 19.0 Å². The molecule has 57 heavy (non-hydrogen) atoms. The monoisotopic (exact) mass is 968 g/mol. The Morgan fingerprint density at radius 1 is 0.842 bits per heavy atom. The second-order valence-corrected chi connectivity index (χ2v) is 14.1. The van der Waals surface area contributed by atoms with Crippen molar-refractivity contribution in [1.29, 1.82) is 0 Å². The van der Waals surface area contributed by atoms with Crippen LogP contribution in [0.25, 0.3) is 6.08 Å². The Morgan fingerprint density at radius 2 is 1.47 bits per heavy atom. The number of amides is 3. The maximum Gasteiger partial charge on any atom is 1.00 e. The van der Waals surface area contributed by atoms with Crippen molar-refractivity contribution in [3.63, 3.8) is 0 Å². The van der Waals surface area contributed by atoms with Gasteiger partial charge in [-0.1, -0.05) is 18.2 Å². The zero-order valence-corrected chi connectivity index (χ0v) is 46.1. The quantitative estimate of drug-likeness (QED) is 0.0242. The first kappa shape index (κ1) is 58.6. The van der Waals surface area contributed by atoms with Crippen LogP contribution in [0, 0.1) is 0 Å². The van der Waals surface area contributed by atoms with E-state index in [0.29, 0.717) is 12.0 Å². The van der Waals surface area contributed by atoms with Gasteiger partial charge >= 0.3 is 206 Å². The number of nitrogens with zero attached hydrogens (tertiary/aromatic N) is 4. The Morgan fingerprint density at radius 3 is 2.09 bits per heavy atom. The van der Waals surface area contributed by atoms with Gasteiger partial charge in [0.1, 0.15) is 20.2 Å². The molecule has 0 bridgehead atoms. The van der Waals surface area contributed by atoms with Gasteiger partial charge in [-0.15, -0.1) is 0 Å². The molecule has 1 aromatic heterocycles. The maximum absolute atomic E-state index is 13.2. The molecule has 282 valence electrons. The fourth-order valence-electron chi connectivity index (χ4n) is 4.24. The van der Waals surface area contributed by atoms with E-state index in [0.717, 1.165) is 52.2 Å². The molecule has 0 spiro atoms. The number of allylic oxidation sites excluding steroid dienone is 4. The Kier molecular flexibility index (Phi) is 27.8. The second-order valence-electron chi connectivity index (χ2n) is 9.88. The van der Waals surface area contributed by atoms with Crippen molar-refractivity contribution < 1.29 is 280 Å². The van der Waals surface area contributed by atoms with Crippen molar-refractivity contribution in [2.24, 2.45) is 12.1 Å². The third kappa shape index (κ3) is 16.6. The van der Waals surface area contributed by atoms with Crippen LogP contribution in [0.5, 0.6) is 5.88 Å². The molecule has 2 heterocycles. The Labute approximate surface area is 502 Å². The van der Waals surface area contributed by atoms with Gasteiger partial charge in [0.15, 0.2) is 11.4 Å². The van der Waals surface area contributed by atoms with Gasteiger partial charge in [-0.3, -0.25) is 24.5 Å². The predicted octanol–water partition coefficient (Wildman–Crippen LogP) is -12.4. The number of aromatic hydroxyl groups is 1. The number of benzene rings is 2. The molecule has 2 aromatic carbocycles. The average Bonchev–Trinajstić information content (AvgIpc) is 3.54. The van der Waals surface area contributed by atoms with E-state index < -0.39 is 70.7 Å². The zero-order chi connectivity index (χ0) is 39.1. The first-order chi connectivity index (χ1) is 25.0. The van der Waals surface area contributed by atoms with E-state index >= 15 is 0 Å². The summed E-state index contributed by atoms with van der Waals surface area (Å²) < 4.78 is 79.2.